The zero-order valence-corrected chi connectivity index (χ0v) is 11.0. The summed E-state index contributed by atoms with van der Waals surface area (Å²) >= 11 is 2.72. The van der Waals surface area contributed by atoms with Crippen LogP contribution in [0.3, 0.4) is 0 Å². The largest absolute Gasteiger partial charge is 0.492 e. The SMILES string of the molecule is O=c1[nH]c(-c2ccc(F)cc2C(F)(F)F)nc(O)c1Br. The first-order valence-corrected chi connectivity index (χ1v) is 5.85. The number of alkyl halides is 3. The Hall–Kier alpha value is -1.90. The highest BCUT2D eigenvalue weighted by atomic mass is 79.9. The van der Waals surface area contributed by atoms with Gasteiger partial charge < -0.3 is 10.1 Å². The number of halogens is 5. The molecule has 0 saturated carbocycles. The topological polar surface area (TPSA) is 66.0 Å². The Balaban J connectivity index is 2.74. The molecule has 106 valence electrons. The molecule has 0 aliphatic carbocycles. The maximum atomic E-state index is 13.0. The monoisotopic (exact) mass is 352 g/mol. The van der Waals surface area contributed by atoms with Gasteiger partial charge in [0.25, 0.3) is 5.56 Å². The summed E-state index contributed by atoms with van der Waals surface area (Å²) in [4.78, 5) is 16.9. The highest BCUT2D eigenvalue weighted by Gasteiger charge is 2.35. The molecule has 0 saturated heterocycles. The highest BCUT2D eigenvalue weighted by molar-refractivity contribution is 9.10. The van der Waals surface area contributed by atoms with Gasteiger partial charge in [0.1, 0.15) is 16.1 Å². The van der Waals surface area contributed by atoms with Gasteiger partial charge in [-0.1, -0.05) is 0 Å². The van der Waals surface area contributed by atoms with Crippen molar-refractivity contribution in [3.05, 3.63) is 44.4 Å². The van der Waals surface area contributed by atoms with Crippen LogP contribution in [-0.2, 0) is 6.18 Å². The van der Waals surface area contributed by atoms with Crippen LogP contribution in [0, 0.1) is 5.82 Å². The molecule has 0 aliphatic rings. The van der Waals surface area contributed by atoms with E-state index >= 15 is 0 Å². The number of aromatic nitrogens is 2. The molecule has 0 bridgehead atoms. The van der Waals surface area contributed by atoms with E-state index in [0.29, 0.717) is 0 Å². The third-order valence-electron chi connectivity index (χ3n) is 2.39. The average Bonchev–Trinajstić information content (AvgIpc) is 2.34. The lowest BCUT2D eigenvalue weighted by molar-refractivity contribution is -0.137. The number of aromatic amines is 1. The van der Waals surface area contributed by atoms with Crippen molar-refractivity contribution in [2.75, 3.05) is 0 Å². The zero-order valence-electron chi connectivity index (χ0n) is 9.42. The summed E-state index contributed by atoms with van der Waals surface area (Å²) in [5, 5.41) is 9.36. The van der Waals surface area contributed by atoms with Crippen molar-refractivity contribution in [2.45, 2.75) is 6.18 Å². The first-order chi connectivity index (χ1) is 9.20. The molecule has 9 heteroatoms. The summed E-state index contributed by atoms with van der Waals surface area (Å²) in [5.74, 6) is -2.35. The summed E-state index contributed by atoms with van der Waals surface area (Å²) in [6, 6.07) is 1.90. The van der Waals surface area contributed by atoms with Gasteiger partial charge in [-0.2, -0.15) is 18.2 Å². The van der Waals surface area contributed by atoms with E-state index in [2.05, 4.69) is 25.9 Å². The molecule has 2 rings (SSSR count). The molecule has 0 spiro atoms. The second-order valence-electron chi connectivity index (χ2n) is 3.74. The molecule has 0 amide bonds. The lowest BCUT2D eigenvalue weighted by Gasteiger charge is -2.12. The van der Waals surface area contributed by atoms with Gasteiger partial charge in [0.05, 0.1) is 5.56 Å². The molecule has 1 aromatic carbocycles. The molecule has 0 aliphatic heterocycles. The molecule has 0 fully saturated rings. The summed E-state index contributed by atoms with van der Waals surface area (Å²) in [6.07, 6.45) is -4.83. The standard InChI is InChI=1S/C11H5BrF4N2O2/c12-7-9(19)17-8(18-10(7)20)5-2-1-4(13)3-6(5)11(14,15)16/h1-3H,(H2,17,18,19,20). The van der Waals surface area contributed by atoms with Crippen molar-refractivity contribution >= 4 is 15.9 Å². The average molecular weight is 353 g/mol. The van der Waals surface area contributed by atoms with E-state index in [1.54, 1.807) is 0 Å². The number of rotatable bonds is 1. The van der Waals surface area contributed by atoms with Crippen molar-refractivity contribution in [3.63, 3.8) is 0 Å². The number of nitrogens with one attached hydrogen (secondary N) is 1. The van der Waals surface area contributed by atoms with E-state index in [-0.39, 0.29) is 10.5 Å². The third-order valence-corrected chi connectivity index (χ3v) is 3.10. The zero-order chi connectivity index (χ0) is 15.1. The minimum absolute atomic E-state index is 0.286. The normalized spacial score (nSPS) is 11.7. The molecule has 1 aromatic heterocycles. The number of hydrogen-bond donors (Lipinski definition) is 2. The predicted molar refractivity (Wildman–Crippen MR) is 64.6 cm³/mol. The summed E-state index contributed by atoms with van der Waals surface area (Å²) in [7, 11) is 0. The Bertz CT molecular complexity index is 727. The Morgan fingerprint density at radius 2 is 1.95 bits per heavy atom. The Kier molecular flexibility index (Phi) is 3.55. The van der Waals surface area contributed by atoms with Crippen LogP contribution in [0.2, 0.25) is 0 Å². The number of H-pyrrole nitrogens is 1. The molecule has 2 N–H and O–H groups in total. The molecule has 2 aromatic rings. The lowest BCUT2D eigenvalue weighted by Crippen LogP contribution is -2.13. The molecule has 0 unspecified atom stereocenters. The van der Waals surface area contributed by atoms with Crippen LogP contribution in [0.25, 0.3) is 11.4 Å². The first kappa shape index (κ1) is 14.5. The molecular formula is C11H5BrF4N2O2. The molecular weight excluding hydrogens is 348 g/mol. The van der Waals surface area contributed by atoms with E-state index < -0.39 is 40.4 Å². The molecule has 1 heterocycles. The fourth-order valence-corrected chi connectivity index (χ4v) is 1.72. The van der Waals surface area contributed by atoms with E-state index in [0.717, 1.165) is 12.1 Å². The van der Waals surface area contributed by atoms with Crippen LogP contribution in [0.1, 0.15) is 5.56 Å². The second kappa shape index (κ2) is 4.89. The van der Waals surface area contributed by atoms with Crippen LogP contribution in [0.5, 0.6) is 5.88 Å². The fourth-order valence-electron chi connectivity index (χ4n) is 1.53. The van der Waals surface area contributed by atoms with Gasteiger partial charge in [-0.15, -0.1) is 0 Å². The Morgan fingerprint density at radius 1 is 1.30 bits per heavy atom. The van der Waals surface area contributed by atoms with Gasteiger partial charge in [0, 0.05) is 5.56 Å². The van der Waals surface area contributed by atoms with Gasteiger partial charge in [0.2, 0.25) is 5.88 Å². The van der Waals surface area contributed by atoms with E-state index in [9.17, 15) is 27.5 Å². The smallest absolute Gasteiger partial charge is 0.417 e. The number of aromatic hydroxyl groups is 1. The van der Waals surface area contributed by atoms with Gasteiger partial charge in [-0.3, -0.25) is 4.79 Å². The van der Waals surface area contributed by atoms with E-state index in [1.165, 1.54) is 0 Å². The number of nitrogens with zero attached hydrogens (tertiary/aromatic N) is 1. The lowest BCUT2D eigenvalue weighted by atomic mass is 10.1. The van der Waals surface area contributed by atoms with Crippen molar-refractivity contribution in [3.8, 4) is 17.3 Å². The minimum atomic E-state index is -4.83. The predicted octanol–water partition coefficient (Wildman–Crippen LogP) is 3.06. The molecule has 0 radical (unpaired) electrons. The summed E-state index contributed by atoms with van der Waals surface area (Å²) in [6.45, 7) is 0. The maximum Gasteiger partial charge on any atom is 0.417 e. The van der Waals surface area contributed by atoms with E-state index in [1.807, 2.05) is 0 Å². The Morgan fingerprint density at radius 3 is 2.50 bits per heavy atom. The van der Waals surface area contributed by atoms with Crippen LogP contribution >= 0.6 is 15.9 Å². The van der Waals surface area contributed by atoms with Crippen LogP contribution in [-0.4, -0.2) is 15.1 Å². The maximum absolute atomic E-state index is 13.0. The van der Waals surface area contributed by atoms with Gasteiger partial charge in [-0.05, 0) is 34.1 Å². The summed E-state index contributed by atoms with van der Waals surface area (Å²) in [5.41, 5.74) is -2.70. The fraction of sp³-hybridized carbons (Fsp3) is 0.0909. The Labute approximate surface area is 117 Å². The highest BCUT2D eigenvalue weighted by Crippen LogP contribution is 2.36. The quantitative estimate of drug-likeness (QED) is 0.775. The minimum Gasteiger partial charge on any atom is -0.492 e. The van der Waals surface area contributed by atoms with Crippen LogP contribution < -0.4 is 5.56 Å². The first-order valence-electron chi connectivity index (χ1n) is 5.06. The van der Waals surface area contributed by atoms with Gasteiger partial charge in [0.15, 0.2) is 0 Å². The molecule has 4 nitrogen and oxygen atoms in total. The third kappa shape index (κ3) is 2.67. The molecule has 0 atom stereocenters. The number of benzene rings is 1. The number of hydrogen-bond acceptors (Lipinski definition) is 3. The van der Waals surface area contributed by atoms with Crippen molar-refractivity contribution in [1.82, 2.24) is 9.97 Å². The van der Waals surface area contributed by atoms with E-state index in [4.69, 9.17) is 0 Å². The van der Waals surface area contributed by atoms with Gasteiger partial charge >= 0.3 is 6.18 Å². The van der Waals surface area contributed by atoms with Crippen molar-refractivity contribution < 1.29 is 22.7 Å². The summed E-state index contributed by atoms with van der Waals surface area (Å²) < 4.78 is 51.2. The van der Waals surface area contributed by atoms with Crippen molar-refractivity contribution in [1.29, 1.82) is 0 Å². The van der Waals surface area contributed by atoms with Gasteiger partial charge in [-0.25, -0.2) is 4.39 Å². The van der Waals surface area contributed by atoms with Crippen LogP contribution in [0.15, 0.2) is 27.5 Å². The van der Waals surface area contributed by atoms with Crippen molar-refractivity contribution in [2.24, 2.45) is 0 Å². The second-order valence-corrected chi connectivity index (χ2v) is 4.53. The van der Waals surface area contributed by atoms with Crippen LogP contribution in [0.4, 0.5) is 17.6 Å². The molecule has 20 heavy (non-hydrogen) atoms.